The summed E-state index contributed by atoms with van der Waals surface area (Å²) in [4.78, 5) is 0. The fourth-order valence-electron chi connectivity index (χ4n) is 4.17. The SMILES string of the molecule is CS(=O)Nc1ccc2c(c1)CCC1NCCc3cc(Cl)c(O)cc3C21. The van der Waals surface area contributed by atoms with Crippen LogP contribution in [-0.2, 0) is 23.8 Å². The second-order valence-electron chi connectivity index (χ2n) is 6.80. The molecule has 0 saturated heterocycles. The second kappa shape index (κ2) is 6.63. The highest BCUT2D eigenvalue weighted by Gasteiger charge is 2.34. The average Bonchev–Trinajstić information content (AvgIpc) is 2.74. The summed E-state index contributed by atoms with van der Waals surface area (Å²) >= 11 is 6.14. The summed E-state index contributed by atoms with van der Waals surface area (Å²) in [6, 6.07) is 10.3. The summed E-state index contributed by atoms with van der Waals surface area (Å²) in [6.07, 6.45) is 4.57. The Hall–Kier alpha value is -1.56. The van der Waals surface area contributed by atoms with Gasteiger partial charge in [0.1, 0.15) is 16.7 Å². The number of aryl methyl sites for hydroxylation is 1. The van der Waals surface area contributed by atoms with Crippen molar-refractivity contribution in [2.75, 3.05) is 17.5 Å². The molecule has 0 fully saturated rings. The van der Waals surface area contributed by atoms with E-state index in [1.807, 2.05) is 18.2 Å². The van der Waals surface area contributed by atoms with Crippen LogP contribution >= 0.6 is 11.6 Å². The van der Waals surface area contributed by atoms with E-state index >= 15 is 0 Å². The molecular formula is C19H21ClN2O2S. The lowest BCUT2D eigenvalue weighted by Crippen LogP contribution is -2.38. The van der Waals surface area contributed by atoms with Crippen LogP contribution in [0.15, 0.2) is 30.3 Å². The minimum absolute atomic E-state index is 0.146. The molecule has 0 amide bonds. The van der Waals surface area contributed by atoms with E-state index in [0.29, 0.717) is 11.1 Å². The Morgan fingerprint density at radius 3 is 2.80 bits per heavy atom. The fourth-order valence-corrected chi connectivity index (χ4v) is 4.82. The zero-order chi connectivity index (χ0) is 17.6. The lowest BCUT2D eigenvalue weighted by atomic mass is 9.74. The van der Waals surface area contributed by atoms with Crippen LogP contribution in [0.4, 0.5) is 5.69 Å². The van der Waals surface area contributed by atoms with Crippen LogP contribution < -0.4 is 10.0 Å². The van der Waals surface area contributed by atoms with Gasteiger partial charge in [0, 0.05) is 23.9 Å². The Bertz CT molecular complexity index is 856. The van der Waals surface area contributed by atoms with E-state index in [1.54, 1.807) is 6.26 Å². The Morgan fingerprint density at radius 1 is 1.20 bits per heavy atom. The highest BCUT2D eigenvalue weighted by Crippen LogP contribution is 2.43. The normalized spacial score (nSPS) is 23.0. The molecule has 0 spiro atoms. The minimum Gasteiger partial charge on any atom is -0.506 e. The number of phenols is 1. The smallest absolute Gasteiger partial charge is 0.134 e. The topological polar surface area (TPSA) is 61.4 Å². The molecule has 0 radical (unpaired) electrons. The van der Waals surface area contributed by atoms with Gasteiger partial charge in [0.05, 0.1) is 5.02 Å². The van der Waals surface area contributed by atoms with Crippen LogP contribution in [0.2, 0.25) is 5.02 Å². The standard InChI is InChI=1S/C19H21ClN2O2S/c1-25(24)22-13-3-4-14-11(8-13)2-5-17-19(14)15-10-18(23)16(20)9-12(15)6-7-21-17/h3-4,8-10,17,19,21-23H,2,5-7H2,1H3. The molecule has 0 aromatic heterocycles. The number of hydrogen-bond donors (Lipinski definition) is 3. The predicted molar refractivity (Wildman–Crippen MR) is 103 cm³/mol. The van der Waals surface area contributed by atoms with E-state index in [9.17, 15) is 9.32 Å². The Morgan fingerprint density at radius 2 is 2.00 bits per heavy atom. The van der Waals surface area contributed by atoms with E-state index in [-0.39, 0.29) is 11.7 Å². The number of nitrogens with one attached hydrogen (secondary N) is 2. The largest absolute Gasteiger partial charge is 0.506 e. The zero-order valence-electron chi connectivity index (χ0n) is 14.0. The Balaban J connectivity index is 1.82. The number of aromatic hydroxyl groups is 1. The van der Waals surface area contributed by atoms with E-state index in [0.717, 1.165) is 37.1 Å². The van der Waals surface area contributed by atoms with Gasteiger partial charge in [-0.2, -0.15) is 0 Å². The zero-order valence-corrected chi connectivity index (χ0v) is 15.6. The highest BCUT2D eigenvalue weighted by atomic mass is 35.5. The quantitative estimate of drug-likeness (QED) is 0.753. The first-order valence-electron chi connectivity index (χ1n) is 8.50. The van der Waals surface area contributed by atoms with E-state index < -0.39 is 11.0 Å². The van der Waals surface area contributed by atoms with Crippen molar-refractivity contribution < 1.29 is 9.32 Å². The van der Waals surface area contributed by atoms with Crippen LogP contribution in [0.25, 0.3) is 0 Å². The third kappa shape index (κ3) is 3.16. The minimum atomic E-state index is -1.08. The number of anilines is 1. The van der Waals surface area contributed by atoms with Gasteiger partial charge in [-0.1, -0.05) is 17.7 Å². The molecule has 3 atom stereocenters. The maximum absolute atomic E-state index is 11.4. The molecule has 2 aliphatic rings. The first-order valence-corrected chi connectivity index (χ1v) is 10.4. The van der Waals surface area contributed by atoms with Gasteiger partial charge in [-0.15, -0.1) is 0 Å². The van der Waals surface area contributed by atoms with Crippen molar-refractivity contribution in [3.05, 3.63) is 57.6 Å². The maximum Gasteiger partial charge on any atom is 0.134 e. The van der Waals surface area contributed by atoms with Crippen molar-refractivity contribution in [1.29, 1.82) is 0 Å². The fraction of sp³-hybridized carbons (Fsp3) is 0.368. The number of hydrogen-bond acceptors (Lipinski definition) is 3. The summed E-state index contributed by atoms with van der Waals surface area (Å²) in [5.74, 6) is 0.346. The Kier molecular flexibility index (Phi) is 4.48. The molecule has 1 aliphatic carbocycles. The van der Waals surface area contributed by atoms with Gasteiger partial charge >= 0.3 is 0 Å². The van der Waals surface area contributed by atoms with Gasteiger partial charge in [-0.05, 0) is 72.3 Å². The van der Waals surface area contributed by atoms with E-state index in [1.165, 1.54) is 16.7 Å². The molecular weight excluding hydrogens is 356 g/mol. The molecule has 25 heavy (non-hydrogen) atoms. The third-order valence-electron chi connectivity index (χ3n) is 5.21. The molecule has 1 aliphatic heterocycles. The number of rotatable bonds is 2. The van der Waals surface area contributed by atoms with Crippen molar-refractivity contribution in [3.63, 3.8) is 0 Å². The molecule has 132 valence electrons. The summed E-state index contributed by atoms with van der Waals surface area (Å²) in [5.41, 5.74) is 5.81. The monoisotopic (exact) mass is 376 g/mol. The number of phenolic OH excluding ortho intramolecular Hbond substituents is 1. The first-order chi connectivity index (χ1) is 12.0. The molecule has 2 aromatic carbocycles. The second-order valence-corrected chi connectivity index (χ2v) is 8.32. The molecule has 3 unspecified atom stereocenters. The van der Waals surface area contributed by atoms with Crippen molar-refractivity contribution in [3.8, 4) is 5.75 Å². The maximum atomic E-state index is 11.4. The van der Waals surface area contributed by atoms with Crippen molar-refractivity contribution in [2.24, 2.45) is 0 Å². The predicted octanol–water partition coefficient (Wildman–Crippen LogP) is 3.34. The first kappa shape index (κ1) is 16.9. The van der Waals surface area contributed by atoms with Crippen molar-refractivity contribution in [2.45, 2.75) is 31.2 Å². The summed E-state index contributed by atoms with van der Waals surface area (Å²) in [6.45, 7) is 0.916. The van der Waals surface area contributed by atoms with Gasteiger partial charge < -0.3 is 15.1 Å². The number of halogens is 1. The summed E-state index contributed by atoms with van der Waals surface area (Å²) in [7, 11) is -1.08. The Labute approximate surface area is 155 Å². The van der Waals surface area contributed by atoms with Gasteiger partial charge in [0.15, 0.2) is 0 Å². The molecule has 1 heterocycles. The van der Waals surface area contributed by atoms with E-state index in [2.05, 4.69) is 22.2 Å². The van der Waals surface area contributed by atoms with Gasteiger partial charge in [-0.3, -0.25) is 0 Å². The number of benzene rings is 2. The van der Waals surface area contributed by atoms with Crippen LogP contribution in [0, 0.1) is 0 Å². The lowest BCUT2D eigenvalue weighted by Gasteiger charge is -2.34. The van der Waals surface area contributed by atoms with Crippen LogP contribution in [0.5, 0.6) is 5.75 Å². The lowest BCUT2D eigenvalue weighted by molar-refractivity contribution is 0.432. The van der Waals surface area contributed by atoms with Crippen LogP contribution in [0.1, 0.15) is 34.6 Å². The van der Waals surface area contributed by atoms with Gasteiger partial charge in [-0.25, -0.2) is 4.21 Å². The average molecular weight is 377 g/mol. The van der Waals surface area contributed by atoms with Crippen molar-refractivity contribution in [1.82, 2.24) is 5.32 Å². The molecule has 4 rings (SSSR count). The third-order valence-corrected chi connectivity index (χ3v) is 6.04. The van der Waals surface area contributed by atoms with Crippen molar-refractivity contribution >= 4 is 28.3 Å². The molecule has 2 aromatic rings. The van der Waals surface area contributed by atoms with Gasteiger partial charge in [0.25, 0.3) is 0 Å². The molecule has 6 heteroatoms. The van der Waals surface area contributed by atoms with E-state index in [4.69, 9.17) is 11.6 Å². The van der Waals surface area contributed by atoms with Gasteiger partial charge in [0.2, 0.25) is 0 Å². The summed E-state index contributed by atoms with van der Waals surface area (Å²) in [5, 5.41) is 14.2. The molecule has 0 saturated carbocycles. The molecule has 0 bridgehead atoms. The highest BCUT2D eigenvalue weighted by molar-refractivity contribution is 7.85. The molecule has 4 nitrogen and oxygen atoms in total. The van der Waals surface area contributed by atoms with Crippen LogP contribution in [0.3, 0.4) is 0 Å². The number of fused-ring (bicyclic) bond motifs is 5. The van der Waals surface area contributed by atoms with Crippen LogP contribution in [-0.4, -0.2) is 28.2 Å². The summed E-state index contributed by atoms with van der Waals surface area (Å²) < 4.78 is 14.4. The molecule has 3 N–H and O–H groups in total.